The number of anilines is 1. The van der Waals surface area contributed by atoms with E-state index >= 15 is 0 Å². The average molecular weight is 370 g/mol. The largest absolute Gasteiger partial charge is 0.324 e. The zero-order valence-corrected chi connectivity index (χ0v) is 14.2. The van der Waals surface area contributed by atoms with Gasteiger partial charge in [-0.3, -0.25) is 9.48 Å². The van der Waals surface area contributed by atoms with Gasteiger partial charge in [0.1, 0.15) is 6.04 Å². The van der Waals surface area contributed by atoms with E-state index in [4.69, 9.17) is 0 Å². The Balaban J connectivity index is 1.84. The topological polar surface area (TPSA) is 46.9 Å². The van der Waals surface area contributed by atoms with Crippen molar-refractivity contribution in [1.82, 2.24) is 9.78 Å². The number of aromatic nitrogens is 2. The van der Waals surface area contributed by atoms with Crippen molar-refractivity contribution >= 4 is 27.5 Å². The van der Waals surface area contributed by atoms with Crippen molar-refractivity contribution in [3.8, 4) is 11.1 Å². The van der Waals surface area contributed by atoms with Gasteiger partial charge >= 0.3 is 0 Å². The molecule has 0 bridgehead atoms. The van der Waals surface area contributed by atoms with Gasteiger partial charge in [-0.1, -0.05) is 48.5 Å². The van der Waals surface area contributed by atoms with E-state index in [-0.39, 0.29) is 5.91 Å². The summed E-state index contributed by atoms with van der Waals surface area (Å²) in [6, 6.07) is 17.4. The third-order valence-electron chi connectivity index (χ3n) is 3.62. The van der Waals surface area contributed by atoms with Crippen LogP contribution in [0.25, 0.3) is 11.1 Å². The molecular weight excluding hydrogens is 354 g/mol. The molecule has 0 aliphatic carbocycles. The first-order valence-electron chi connectivity index (χ1n) is 7.30. The van der Waals surface area contributed by atoms with Crippen molar-refractivity contribution in [1.29, 1.82) is 0 Å². The summed E-state index contributed by atoms with van der Waals surface area (Å²) in [7, 11) is 0. The van der Waals surface area contributed by atoms with Crippen LogP contribution in [0.3, 0.4) is 0 Å². The van der Waals surface area contributed by atoms with Crippen molar-refractivity contribution in [3.05, 3.63) is 71.5 Å². The summed E-state index contributed by atoms with van der Waals surface area (Å²) >= 11 is 3.34. The summed E-state index contributed by atoms with van der Waals surface area (Å²) in [5.74, 6) is -0.107. The van der Waals surface area contributed by atoms with Crippen LogP contribution in [0.5, 0.6) is 0 Å². The Hall–Kier alpha value is -2.40. The van der Waals surface area contributed by atoms with E-state index < -0.39 is 6.04 Å². The Morgan fingerprint density at radius 1 is 1.13 bits per heavy atom. The lowest BCUT2D eigenvalue weighted by molar-refractivity contribution is -0.119. The molecule has 3 aromatic rings. The van der Waals surface area contributed by atoms with Crippen LogP contribution < -0.4 is 5.32 Å². The lowest BCUT2D eigenvalue weighted by Crippen LogP contribution is -2.24. The van der Waals surface area contributed by atoms with Crippen molar-refractivity contribution in [2.24, 2.45) is 0 Å². The zero-order chi connectivity index (χ0) is 16.2. The van der Waals surface area contributed by atoms with E-state index in [1.807, 2.05) is 61.5 Å². The predicted molar refractivity (Wildman–Crippen MR) is 95.1 cm³/mol. The lowest BCUT2D eigenvalue weighted by Gasteiger charge is -2.15. The highest BCUT2D eigenvalue weighted by atomic mass is 79.9. The first-order chi connectivity index (χ1) is 11.1. The number of para-hydroxylation sites is 1. The maximum atomic E-state index is 12.5. The fraction of sp³-hybridized carbons (Fsp3) is 0.111. The third-order valence-corrected chi connectivity index (χ3v) is 4.03. The highest BCUT2D eigenvalue weighted by Crippen LogP contribution is 2.28. The molecule has 1 heterocycles. The number of carbonyl (C=O) groups is 1. The maximum absolute atomic E-state index is 12.5. The molecule has 23 heavy (non-hydrogen) atoms. The van der Waals surface area contributed by atoms with Crippen LogP contribution in [0.4, 0.5) is 5.69 Å². The molecule has 1 N–H and O–H groups in total. The monoisotopic (exact) mass is 369 g/mol. The quantitative estimate of drug-likeness (QED) is 0.735. The van der Waals surface area contributed by atoms with Crippen LogP contribution in [-0.4, -0.2) is 15.7 Å². The number of benzene rings is 2. The molecule has 3 rings (SSSR count). The zero-order valence-electron chi connectivity index (χ0n) is 12.6. The van der Waals surface area contributed by atoms with Gasteiger partial charge in [0.25, 0.3) is 0 Å². The Labute approximate surface area is 143 Å². The Morgan fingerprint density at radius 2 is 1.83 bits per heavy atom. The average Bonchev–Trinajstić information content (AvgIpc) is 3.02. The molecule has 0 radical (unpaired) electrons. The molecule has 1 amide bonds. The van der Waals surface area contributed by atoms with Gasteiger partial charge in [-0.2, -0.15) is 5.10 Å². The van der Waals surface area contributed by atoms with Gasteiger partial charge < -0.3 is 5.32 Å². The first kappa shape index (κ1) is 15.5. The third kappa shape index (κ3) is 3.51. The molecule has 0 saturated carbocycles. The molecule has 0 aliphatic heterocycles. The van der Waals surface area contributed by atoms with Gasteiger partial charge in [0.2, 0.25) is 5.91 Å². The second kappa shape index (κ2) is 6.79. The summed E-state index contributed by atoms with van der Waals surface area (Å²) in [5.41, 5.74) is 2.86. The molecule has 2 aromatic carbocycles. The van der Waals surface area contributed by atoms with Crippen molar-refractivity contribution in [3.63, 3.8) is 0 Å². The van der Waals surface area contributed by atoms with E-state index in [0.29, 0.717) is 0 Å². The Bertz CT molecular complexity index is 814. The van der Waals surface area contributed by atoms with Gasteiger partial charge in [0.15, 0.2) is 0 Å². The number of hydrogen-bond donors (Lipinski definition) is 1. The van der Waals surface area contributed by atoms with Gasteiger partial charge in [0.05, 0.1) is 10.7 Å². The standard InChI is InChI=1S/C18H16BrN3O/c1-13(22-12-15(19)11-20-22)18(23)21-17-10-6-5-9-16(17)14-7-3-2-4-8-14/h2-13H,1H3,(H,21,23)/t13-/m0/s1. The van der Waals surface area contributed by atoms with Gasteiger partial charge in [-0.05, 0) is 34.5 Å². The Morgan fingerprint density at radius 3 is 2.52 bits per heavy atom. The fourth-order valence-corrected chi connectivity index (χ4v) is 2.65. The number of rotatable bonds is 4. The molecule has 116 valence electrons. The van der Waals surface area contributed by atoms with Crippen molar-refractivity contribution < 1.29 is 4.79 Å². The summed E-state index contributed by atoms with van der Waals surface area (Å²) in [6.07, 6.45) is 3.45. The van der Waals surface area contributed by atoms with Crippen LogP contribution in [0, 0.1) is 0 Å². The van der Waals surface area contributed by atoms with E-state index in [0.717, 1.165) is 21.3 Å². The molecule has 0 saturated heterocycles. The van der Waals surface area contributed by atoms with Crippen LogP contribution in [0.15, 0.2) is 71.5 Å². The van der Waals surface area contributed by atoms with Gasteiger partial charge in [-0.15, -0.1) is 0 Å². The van der Waals surface area contributed by atoms with E-state index in [2.05, 4.69) is 26.3 Å². The molecule has 0 spiro atoms. The fourth-order valence-electron chi connectivity index (χ4n) is 2.35. The van der Waals surface area contributed by atoms with Gasteiger partial charge in [-0.25, -0.2) is 0 Å². The number of halogens is 1. The van der Waals surface area contributed by atoms with Gasteiger partial charge in [0, 0.05) is 17.4 Å². The van der Waals surface area contributed by atoms with Crippen LogP contribution in [0.2, 0.25) is 0 Å². The number of hydrogen-bond acceptors (Lipinski definition) is 2. The summed E-state index contributed by atoms with van der Waals surface area (Å²) in [4.78, 5) is 12.5. The Kier molecular flexibility index (Phi) is 4.57. The minimum absolute atomic E-state index is 0.107. The molecule has 0 unspecified atom stereocenters. The molecule has 0 fully saturated rings. The molecular formula is C18H16BrN3O. The summed E-state index contributed by atoms with van der Waals surface area (Å²) in [5, 5.41) is 7.17. The van der Waals surface area contributed by atoms with Crippen molar-refractivity contribution in [2.45, 2.75) is 13.0 Å². The lowest BCUT2D eigenvalue weighted by atomic mass is 10.0. The van der Waals surface area contributed by atoms with E-state index in [9.17, 15) is 4.79 Å². The number of nitrogens with zero attached hydrogens (tertiary/aromatic N) is 2. The molecule has 1 atom stereocenters. The highest BCUT2D eigenvalue weighted by Gasteiger charge is 2.17. The molecule has 4 nitrogen and oxygen atoms in total. The predicted octanol–water partition coefficient (Wildman–Crippen LogP) is 4.51. The number of amides is 1. The SMILES string of the molecule is C[C@@H](C(=O)Nc1ccccc1-c1ccccc1)n1cc(Br)cn1. The first-order valence-corrected chi connectivity index (χ1v) is 8.09. The number of carbonyl (C=O) groups excluding carboxylic acids is 1. The second-order valence-electron chi connectivity index (χ2n) is 5.22. The maximum Gasteiger partial charge on any atom is 0.248 e. The van der Waals surface area contributed by atoms with Crippen LogP contribution in [-0.2, 0) is 4.79 Å². The minimum atomic E-state index is -0.398. The normalized spacial score (nSPS) is 11.9. The number of nitrogens with one attached hydrogen (secondary N) is 1. The smallest absolute Gasteiger partial charge is 0.248 e. The second-order valence-corrected chi connectivity index (χ2v) is 6.13. The summed E-state index contributed by atoms with van der Waals surface area (Å²) < 4.78 is 2.48. The van der Waals surface area contributed by atoms with E-state index in [1.165, 1.54) is 0 Å². The molecule has 0 aliphatic rings. The van der Waals surface area contributed by atoms with E-state index in [1.54, 1.807) is 17.1 Å². The van der Waals surface area contributed by atoms with Crippen LogP contribution >= 0.6 is 15.9 Å². The molecule has 5 heteroatoms. The van der Waals surface area contributed by atoms with Crippen molar-refractivity contribution in [2.75, 3.05) is 5.32 Å². The van der Waals surface area contributed by atoms with Crippen LogP contribution in [0.1, 0.15) is 13.0 Å². The minimum Gasteiger partial charge on any atom is -0.324 e. The molecule has 1 aromatic heterocycles. The highest BCUT2D eigenvalue weighted by molar-refractivity contribution is 9.10. The summed E-state index contributed by atoms with van der Waals surface area (Å²) in [6.45, 7) is 1.82.